The standard InChI is InChI=1S/C10H7F9N2/c11-7(12,4-2-1-3-5(20)6(4)21)8(13,14)9(15,16)10(17,18)19/h1-3H,20-21H2. The second kappa shape index (κ2) is 4.60. The van der Waals surface area contributed by atoms with Crippen molar-refractivity contribution in [2.75, 3.05) is 11.5 Å². The van der Waals surface area contributed by atoms with Crippen LogP contribution in [0.15, 0.2) is 18.2 Å². The van der Waals surface area contributed by atoms with Crippen molar-refractivity contribution in [3.8, 4) is 0 Å². The van der Waals surface area contributed by atoms with Gasteiger partial charge in [0.25, 0.3) is 0 Å². The van der Waals surface area contributed by atoms with E-state index in [0.29, 0.717) is 6.07 Å². The fraction of sp³-hybridized carbons (Fsp3) is 0.400. The first-order valence-electron chi connectivity index (χ1n) is 5.02. The third-order valence-corrected chi connectivity index (χ3v) is 2.62. The molecule has 0 radical (unpaired) electrons. The lowest BCUT2D eigenvalue weighted by molar-refractivity contribution is -0.399. The van der Waals surface area contributed by atoms with Gasteiger partial charge in [-0.1, -0.05) is 12.1 Å². The Morgan fingerprint density at radius 1 is 0.714 bits per heavy atom. The fourth-order valence-electron chi connectivity index (χ4n) is 1.40. The summed E-state index contributed by atoms with van der Waals surface area (Å²) in [5, 5.41) is 0. The van der Waals surface area contributed by atoms with Crippen molar-refractivity contribution in [3.05, 3.63) is 23.8 Å². The number of nitrogens with two attached hydrogens (primary N) is 2. The predicted octanol–water partition coefficient (Wildman–Crippen LogP) is 3.78. The highest BCUT2D eigenvalue weighted by Crippen LogP contribution is 2.57. The van der Waals surface area contributed by atoms with Gasteiger partial charge in [0, 0.05) is 0 Å². The molecule has 0 saturated carbocycles. The van der Waals surface area contributed by atoms with E-state index in [4.69, 9.17) is 11.5 Å². The third kappa shape index (κ3) is 2.33. The highest BCUT2D eigenvalue weighted by molar-refractivity contribution is 5.68. The minimum Gasteiger partial charge on any atom is -0.397 e. The summed E-state index contributed by atoms with van der Waals surface area (Å²) in [6, 6.07) is 1.73. The summed E-state index contributed by atoms with van der Waals surface area (Å²) >= 11 is 0. The summed E-state index contributed by atoms with van der Waals surface area (Å²) in [5.74, 6) is -19.6. The van der Waals surface area contributed by atoms with Crippen molar-refractivity contribution < 1.29 is 39.5 Å². The number of nitrogen functional groups attached to an aromatic ring is 2. The molecular weight excluding hydrogens is 319 g/mol. The van der Waals surface area contributed by atoms with Crippen LogP contribution in [0.2, 0.25) is 0 Å². The monoisotopic (exact) mass is 326 g/mol. The van der Waals surface area contributed by atoms with Crippen LogP contribution in [0.5, 0.6) is 0 Å². The molecule has 0 saturated heterocycles. The molecule has 1 aromatic rings. The van der Waals surface area contributed by atoms with Crippen LogP contribution in [0.3, 0.4) is 0 Å². The molecule has 1 aromatic carbocycles. The number of rotatable bonds is 3. The number of para-hydroxylation sites is 1. The second-order valence-corrected chi connectivity index (χ2v) is 4.03. The van der Waals surface area contributed by atoms with E-state index < -0.39 is 40.9 Å². The van der Waals surface area contributed by atoms with Crippen LogP contribution >= 0.6 is 0 Å². The predicted molar refractivity (Wildman–Crippen MR) is 55.1 cm³/mol. The third-order valence-electron chi connectivity index (χ3n) is 2.62. The van der Waals surface area contributed by atoms with Gasteiger partial charge in [0.2, 0.25) is 0 Å². The molecule has 0 aliphatic carbocycles. The molecule has 0 bridgehead atoms. The molecule has 21 heavy (non-hydrogen) atoms. The van der Waals surface area contributed by atoms with E-state index in [0.717, 1.165) is 6.07 Å². The van der Waals surface area contributed by atoms with E-state index in [1.165, 1.54) is 0 Å². The summed E-state index contributed by atoms with van der Waals surface area (Å²) < 4.78 is 115. The zero-order chi connectivity index (χ0) is 16.9. The van der Waals surface area contributed by atoms with Gasteiger partial charge in [-0.3, -0.25) is 0 Å². The van der Waals surface area contributed by atoms with Crippen molar-refractivity contribution >= 4 is 11.4 Å². The van der Waals surface area contributed by atoms with E-state index in [-0.39, 0.29) is 6.07 Å². The minimum atomic E-state index is -6.97. The van der Waals surface area contributed by atoms with Crippen LogP contribution in [0.1, 0.15) is 5.56 Å². The molecule has 120 valence electrons. The molecule has 0 heterocycles. The average Bonchev–Trinajstić information content (AvgIpc) is 2.30. The van der Waals surface area contributed by atoms with Gasteiger partial charge in [-0.2, -0.15) is 39.5 Å². The molecule has 2 nitrogen and oxygen atoms in total. The van der Waals surface area contributed by atoms with Gasteiger partial charge in [0.15, 0.2) is 0 Å². The molecule has 0 aliphatic heterocycles. The number of hydrogen-bond donors (Lipinski definition) is 2. The minimum absolute atomic E-state index is 0.187. The highest BCUT2D eigenvalue weighted by atomic mass is 19.4. The smallest absolute Gasteiger partial charge is 0.397 e. The van der Waals surface area contributed by atoms with Gasteiger partial charge < -0.3 is 11.5 Å². The largest absolute Gasteiger partial charge is 0.460 e. The van der Waals surface area contributed by atoms with Crippen molar-refractivity contribution in [2.45, 2.75) is 23.9 Å². The Kier molecular flexibility index (Phi) is 3.78. The number of alkyl halides is 9. The normalized spacial score (nSPS) is 14.3. The van der Waals surface area contributed by atoms with Crippen LogP contribution in [-0.2, 0) is 5.92 Å². The van der Waals surface area contributed by atoms with Crippen molar-refractivity contribution in [1.82, 2.24) is 0 Å². The Bertz CT molecular complexity index is 536. The zero-order valence-corrected chi connectivity index (χ0v) is 9.79. The zero-order valence-electron chi connectivity index (χ0n) is 9.79. The summed E-state index contributed by atoms with van der Waals surface area (Å²) in [6.45, 7) is 0. The maximum absolute atomic E-state index is 13.5. The Hall–Kier alpha value is -1.81. The maximum atomic E-state index is 13.5. The first-order chi connectivity index (χ1) is 9.18. The van der Waals surface area contributed by atoms with Gasteiger partial charge in [0.1, 0.15) is 0 Å². The molecule has 0 unspecified atom stereocenters. The molecular formula is C10H7F9N2. The quantitative estimate of drug-likeness (QED) is 0.656. The highest BCUT2D eigenvalue weighted by Gasteiger charge is 2.82. The molecule has 11 heteroatoms. The Labute approximate surface area is 111 Å². The molecule has 4 N–H and O–H groups in total. The molecule has 0 spiro atoms. The fourth-order valence-corrected chi connectivity index (χ4v) is 1.40. The molecule has 0 atom stereocenters. The lowest BCUT2D eigenvalue weighted by atomic mass is 9.95. The van der Waals surface area contributed by atoms with E-state index in [9.17, 15) is 39.5 Å². The van der Waals surface area contributed by atoms with Gasteiger partial charge in [0.05, 0.1) is 16.9 Å². The number of halogens is 9. The van der Waals surface area contributed by atoms with Crippen LogP contribution in [0.4, 0.5) is 50.9 Å². The van der Waals surface area contributed by atoms with E-state index in [1.54, 1.807) is 0 Å². The van der Waals surface area contributed by atoms with Gasteiger partial charge in [-0.05, 0) is 6.07 Å². The Morgan fingerprint density at radius 2 is 1.19 bits per heavy atom. The molecule has 0 aliphatic rings. The topological polar surface area (TPSA) is 52.0 Å². The number of hydrogen-bond acceptors (Lipinski definition) is 2. The van der Waals surface area contributed by atoms with Crippen molar-refractivity contribution in [3.63, 3.8) is 0 Å². The van der Waals surface area contributed by atoms with Crippen LogP contribution in [0.25, 0.3) is 0 Å². The average molecular weight is 326 g/mol. The van der Waals surface area contributed by atoms with Gasteiger partial charge in [-0.25, -0.2) is 0 Å². The molecule has 0 amide bonds. The molecule has 1 rings (SSSR count). The van der Waals surface area contributed by atoms with E-state index >= 15 is 0 Å². The van der Waals surface area contributed by atoms with Gasteiger partial charge in [-0.15, -0.1) is 0 Å². The number of anilines is 2. The van der Waals surface area contributed by atoms with Gasteiger partial charge >= 0.3 is 23.9 Å². The van der Waals surface area contributed by atoms with Crippen LogP contribution in [0, 0.1) is 0 Å². The van der Waals surface area contributed by atoms with Crippen LogP contribution < -0.4 is 11.5 Å². The second-order valence-electron chi connectivity index (χ2n) is 4.03. The van der Waals surface area contributed by atoms with E-state index in [1.807, 2.05) is 0 Å². The molecule has 0 aromatic heterocycles. The summed E-state index contributed by atoms with van der Waals surface area (Å²) in [6.07, 6.45) is -6.88. The lowest BCUT2D eigenvalue weighted by Crippen LogP contribution is -2.59. The molecule has 0 fully saturated rings. The van der Waals surface area contributed by atoms with Crippen LogP contribution in [-0.4, -0.2) is 18.0 Å². The lowest BCUT2D eigenvalue weighted by Gasteiger charge is -2.34. The van der Waals surface area contributed by atoms with Crippen molar-refractivity contribution in [2.24, 2.45) is 0 Å². The maximum Gasteiger partial charge on any atom is 0.460 e. The first-order valence-corrected chi connectivity index (χ1v) is 5.02. The number of benzene rings is 1. The summed E-state index contributed by atoms with van der Waals surface area (Å²) in [7, 11) is 0. The van der Waals surface area contributed by atoms with E-state index in [2.05, 4.69) is 0 Å². The summed E-state index contributed by atoms with van der Waals surface area (Å²) in [4.78, 5) is 0. The SMILES string of the molecule is Nc1cccc(C(F)(F)C(F)(F)C(F)(F)C(F)(F)F)c1N. The Balaban J connectivity index is 3.51. The summed E-state index contributed by atoms with van der Waals surface area (Å²) in [5.41, 5.74) is 6.20. The van der Waals surface area contributed by atoms with Crippen molar-refractivity contribution in [1.29, 1.82) is 0 Å². The first kappa shape index (κ1) is 17.2. The Morgan fingerprint density at radius 3 is 1.62 bits per heavy atom.